The Morgan fingerprint density at radius 1 is 0.833 bits per heavy atom. The molecule has 4 nitrogen and oxygen atoms in total. The van der Waals surface area contributed by atoms with Crippen molar-refractivity contribution in [3.8, 4) is 5.75 Å². The quantitative estimate of drug-likeness (QED) is 0.437. The number of methoxy groups -OCH3 is 1. The zero-order chi connectivity index (χ0) is 21.3. The lowest BCUT2D eigenvalue weighted by atomic mass is 10.1. The number of nitrogens with zero attached hydrogens (tertiary/aromatic N) is 1. The lowest BCUT2D eigenvalue weighted by molar-refractivity contribution is -0.119. The van der Waals surface area contributed by atoms with Crippen LogP contribution in [0.2, 0.25) is 10.0 Å². The maximum absolute atomic E-state index is 13.4. The number of imide groups is 1. The molecule has 0 unspecified atom stereocenters. The van der Waals surface area contributed by atoms with E-state index in [2.05, 4.69) is 0 Å². The second-order valence-corrected chi connectivity index (χ2v) is 8.24. The number of rotatable bonds is 5. The molecular weight excluding hydrogens is 441 g/mol. The van der Waals surface area contributed by atoms with Crippen LogP contribution in [-0.2, 0) is 9.59 Å². The third-order valence-corrected chi connectivity index (χ3v) is 6.45. The zero-order valence-electron chi connectivity index (χ0n) is 15.8. The molecule has 0 atom stereocenters. The third-order valence-electron chi connectivity index (χ3n) is 4.56. The molecule has 3 aromatic carbocycles. The smallest absolute Gasteiger partial charge is 0.272 e. The summed E-state index contributed by atoms with van der Waals surface area (Å²) in [5.41, 5.74) is 1.19. The van der Waals surface area contributed by atoms with Crippen molar-refractivity contribution in [3.05, 3.63) is 93.3 Å². The molecule has 1 aliphatic rings. The molecule has 0 aliphatic carbocycles. The molecule has 0 N–H and O–H groups in total. The second kappa shape index (κ2) is 8.56. The maximum atomic E-state index is 13.4. The van der Waals surface area contributed by atoms with Gasteiger partial charge in [-0.1, -0.05) is 71.4 Å². The Morgan fingerprint density at radius 3 is 2.20 bits per heavy atom. The molecule has 1 heterocycles. The average Bonchev–Trinajstić information content (AvgIpc) is 3.00. The molecule has 4 rings (SSSR count). The third kappa shape index (κ3) is 3.72. The van der Waals surface area contributed by atoms with E-state index in [1.807, 2.05) is 30.3 Å². The molecule has 0 bridgehead atoms. The molecule has 0 saturated carbocycles. The average molecular weight is 456 g/mol. The molecule has 3 aromatic rings. The number of halogens is 2. The molecule has 1 aliphatic heterocycles. The molecule has 0 fully saturated rings. The van der Waals surface area contributed by atoms with Crippen molar-refractivity contribution in [3.63, 3.8) is 0 Å². The van der Waals surface area contributed by atoms with Gasteiger partial charge in [0.25, 0.3) is 11.8 Å². The minimum Gasteiger partial charge on any atom is -0.497 e. The Balaban J connectivity index is 1.84. The first-order valence-electron chi connectivity index (χ1n) is 8.95. The molecule has 2 amide bonds. The molecule has 30 heavy (non-hydrogen) atoms. The molecule has 0 radical (unpaired) electrons. The standard InChI is InChI=1S/C23H15Cl2NO3S/c1-29-15-12-10-14(11-13-15)19-21(30-16-6-3-2-4-7-16)23(28)26(22(19)27)18-9-5-8-17(24)20(18)25/h2-13H,1H3. The van der Waals surface area contributed by atoms with E-state index in [0.717, 1.165) is 9.80 Å². The predicted molar refractivity (Wildman–Crippen MR) is 121 cm³/mol. The van der Waals surface area contributed by atoms with Crippen LogP contribution in [0.1, 0.15) is 5.56 Å². The van der Waals surface area contributed by atoms with Gasteiger partial charge in [-0.05, 0) is 42.0 Å². The Morgan fingerprint density at radius 2 is 1.53 bits per heavy atom. The SMILES string of the molecule is COc1ccc(C2=C(Sc3ccccc3)C(=O)N(c3cccc(Cl)c3Cl)C2=O)cc1. The van der Waals surface area contributed by atoms with Crippen LogP contribution in [0.25, 0.3) is 5.57 Å². The van der Waals surface area contributed by atoms with E-state index < -0.39 is 11.8 Å². The fourth-order valence-corrected chi connectivity index (χ4v) is 4.50. The Kier molecular flexibility index (Phi) is 5.86. The first-order chi connectivity index (χ1) is 14.5. The van der Waals surface area contributed by atoms with Crippen molar-refractivity contribution in [1.29, 1.82) is 0 Å². The van der Waals surface area contributed by atoms with Gasteiger partial charge < -0.3 is 4.74 Å². The number of ether oxygens (including phenoxy) is 1. The first kappa shape index (κ1) is 20.5. The van der Waals surface area contributed by atoms with Crippen LogP contribution in [0, 0.1) is 0 Å². The summed E-state index contributed by atoms with van der Waals surface area (Å²) in [6.07, 6.45) is 0. The van der Waals surface area contributed by atoms with Gasteiger partial charge in [-0.2, -0.15) is 0 Å². The molecular formula is C23H15Cl2NO3S. The van der Waals surface area contributed by atoms with E-state index in [1.54, 1.807) is 49.6 Å². The van der Waals surface area contributed by atoms with Crippen molar-refractivity contribution >= 4 is 58.0 Å². The molecule has 7 heteroatoms. The molecule has 150 valence electrons. The van der Waals surface area contributed by atoms with E-state index in [1.165, 1.54) is 11.8 Å². The Hall–Kier alpha value is -2.73. The van der Waals surface area contributed by atoms with Crippen molar-refractivity contribution in [1.82, 2.24) is 0 Å². The normalized spacial score (nSPS) is 13.9. The van der Waals surface area contributed by atoms with Crippen molar-refractivity contribution in [2.45, 2.75) is 4.90 Å². The van der Waals surface area contributed by atoms with Crippen LogP contribution in [0.4, 0.5) is 5.69 Å². The summed E-state index contributed by atoms with van der Waals surface area (Å²) in [6, 6.07) is 21.3. The van der Waals surface area contributed by atoms with Crippen LogP contribution in [-0.4, -0.2) is 18.9 Å². The van der Waals surface area contributed by atoms with Crippen LogP contribution < -0.4 is 9.64 Å². The number of thioether (sulfide) groups is 1. The van der Waals surface area contributed by atoms with Gasteiger partial charge >= 0.3 is 0 Å². The van der Waals surface area contributed by atoms with Gasteiger partial charge in [0.1, 0.15) is 5.75 Å². The summed E-state index contributed by atoms with van der Waals surface area (Å²) in [4.78, 5) is 29.1. The number of anilines is 1. The van der Waals surface area contributed by atoms with Crippen LogP contribution in [0.5, 0.6) is 5.75 Å². The monoisotopic (exact) mass is 455 g/mol. The van der Waals surface area contributed by atoms with Gasteiger partial charge in [0, 0.05) is 4.90 Å². The highest BCUT2D eigenvalue weighted by Crippen LogP contribution is 2.44. The summed E-state index contributed by atoms with van der Waals surface area (Å²) < 4.78 is 5.21. The first-order valence-corrected chi connectivity index (χ1v) is 10.5. The van der Waals surface area contributed by atoms with Gasteiger partial charge in [-0.15, -0.1) is 0 Å². The maximum Gasteiger partial charge on any atom is 0.272 e. The van der Waals surface area contributed by atoms with E-state index in [4.69, 9.17) is 27.9 Å². The van der Waals surface area contributed by atoms with E-state index >= 15 is 0 Å². The Labute approximate surface area is 188 Å². The van der Waals surface area contributed by atoms with Gasteiger partial charge in [-0.25, -0.2) is 4.90 Å². The predicted octanol–water partition coefficient (Wildman–Crippen LogP) is 6.08. The van der Waals surface area contributed by atoms with Gasteiger partial charge in [0.2, 0.25) is 0 Å². The van der Waals surface area contributed by atoms with Crippen molar-refractivity contribution in [2.75, 3.05) is 12.0 Å². The second-order valence-electron chi connectivity index (χ2n) is 6.37. The van der Waals surface area contributed by atoms with E-state index in [0.29, 0.717) is 21.8 Å². The Bertz CT molecular complexity index is 1160. The number of hydrogen-bond donors (Lipinski definition) is 0. The fourth-order valence-electron chi connectivity index (χ4n) is 3.11. The number of carbonyl (C=O) groups is 2. The number of carbonyl (C=O) groups excluding carboxylic acids is 2. The topological polar surface area (TPSA) is 46.6 Å². The summed E-state index contributed by atoms with van der Waals surface area (Å²) in [5, 5.41) is 0.422. The van der Waals surface area contributed by atoms with E-state index in [9.17, 15) is 9.59 Å². The van der Waals surface area contributed by atoms with Gasteiger partial charge in [0.05, 0.1) is 33.3 Å². The summed E-state index contributed by atoms with van der Waals surface area (Å²) in [5.74, 6) is -0.236. The minimum absolute atomic E-state index is 0.154. The highest BCUT2D eigenvalue weighted by molar-refractivity contribution is 8.04. The van der Waals surface area contributed by atoms with Crippen LogP contribution in [0.3, 0.4) is 0 Å². The van der Waals surface area contributed by atoms with Crippen LogP contribution >= 0.6 is 35.0 Å². The van der Waals surface area contributed by atoms with E-state index in [-0.39, 0.29) is 15.7 Å². The highest BCUT2D eigenvalue weighted by atomic mass is 35.5. The van der Waals surface area contributed by atoms with Crippen molar-refractivity contribution in [2.24, 2.45) is 0 Å². The molecule has 0 spiro atoms. The lowest BCUT2D eigenvalue weighted by Gasteiger charge is -2.17. The van der Waals surface area contributed by atoms with Crippen LogP contribution in [0.15, 0.2) is 82.6 Å². The number of amides is 2. The molecule has 0 aromatic heterocycles. The summed E-state index contributed by atoms with van der Waals surface area (Å²) in [6.45, 7) is 0. The zero-order valence-corrected chi connectivity index (χ0v) is 18.1. The highest BCUT2D eigenvalue weighted by Gasteiger charge is 2.41. The van der Waals surface area contributed by atoms with Gasteiger partial charge in [-0.3, -0.25) is 9.59 Å². The minimum atomic E-state index is -0.451. The number of benzene rings is 3. The number of hydrogen-bond acceptors (Lipinski definition) is 4. The van der Waals surface area contributed by atoms with Crippen molar-refractivity contribution < 1.29 is 14.3 Å². The lowest BCUT2D eigenvalue weighted by Crippen LogP contribution is -2.31. The fraction of sp³-hybridized carbons (Fsp3) is 0.0435. The molecule has 0 saturated heterocycles. The summed E-state index contributed by atoms with van der Waals surface area (Å²) >= 11 is 13.7. The summed E-state index contributed by atoms with van der Waals surface area (Å²) in [7, 11) is 1.57. The largest absolute Gasteiger partial charge is 0.497 e. The van der Waals surface area contributed by atoms with Gasteiger partial charge in [0.15, 0.2) is 0 Å².